The number of carbonyl (C=O) groups is 1. The number of hydrogen-bond acceptors (Lipinski definition) is 1. The zero-order valence-electron chi connectivity index (χ0n) is 8.86. The second-order valence-electron chi connectivity index (χ2n) is 4.08. The van der Waals surface area contributed by atoms with Crippen molar-refractivity contribution >= 4 is 5.78 Å². The molecule has 1 atom stereocenters. The molecule has 0 saturated heterocycles. The fourth-order valence-electron chi connectivity index (χ4n) is 2.55. The lowest BCUT2D eigenvalue weighted by Crippen LogP contribution is -2.16. The molecule has 2 heterocycles. The summed E-state index contributed by atoms with van der Waals surface area (Å²) in [6.07, 6.45) is 4.20. The van der Waals surface area contributed by atoms with E-state index in [0.29, 0.717) is 18.2 Å². The fourth-order valence-corrected chi connectivity index (χ4v) is 2.55. The van der Waals surface area contributed by atoms with E-state index in [9.17, 15) is 4.79 Å². The topological polar surface area (TPSA) is 22.0 Å². The van der Waals surface area contributed by atoms with E-state index in [0.717, 1.165) is 12.8 Å². The fraction of sp³-hybridized carbons (Fsp3) is 0.583. The molecule has 0 fully saturated rings. The van der Waals surface area contributed by atoms with Crippen molar-refractivity contribution in [3.8, 4) is 0 Å². The van der Waals surface area contributed by atoms with E-state index in [2.05, 4.69) is 24.5 Å². The van der Waals surface area contributed by atoms with Gasteiger partial charge < -0.3 is 4.57 Å². The van der Waals surface area contributed by atoms with Crippen molar-refractivity contribution in [2.24, 2.45) is 5.92 Å². The molecule has 0 aliphatic carbocycles. The summed E-state index contributed by atoms with van der Waals surface area (Å²) in [6.45, 7) is 4.93. The summed E-state index contributed by atoms with van der Waals surface area (Å²) in [5.74, 6) is 1.09. The van der Waals surface area contributed by atoms with E-state index >= 15 is 0 Å². The predicted molar refractivity (Wildman–Crippen MR) is 56.3 cm³/mol. The third-order valence-corrected chi connectivity index (χ3v) is 3.38. The highest BCUT2D eigenvalue weighted by molar-refractivity contribution is 5.88. The van der Waals surface area contributed by atoms with Gasteiger partial charge >= 0.3 is 0 Å². The Bertz CT molecular complexity index is 336. The molecule has 1 aliphatic rings. The third-order valence-electron chi connectivity index (χ3n) is 3.38. The molecule has 1 unspecified atom stereocenters. The lowest BCUT2D eigenvalue weighted by Gasteiger charge is -2.18. The van der Waals surface area contributed by atoms with Crippen molar-refractivity contribution in [3.63, 3.8) is 0 Å². The van der Waals surface area contributed by atoms with E-state index < -0.39 is 0 Å². The van der Waals surface area contributed by atoms with E-state index in [1.165, 1.54) is 5.69 Å². The lowest BCUT2D eigenvalue weighted by atomic mass is 9.84. The van der Waals surface area contributed by atoms with Gasteiger partial charge in [0.1, 0.15) is 0 Å². The largest absolute Gasteiger partial charge is 0.343 e. The Morgan fingerprint density at radius 2 is 2.21 bits per heavy atom. The molecule has 0 radical (unpaired) electrons. The second kappa shape index (κ2) is 3.60. The van der Waals surface area contributed by atoms with Gasteiger partial charge in [0.15, 0.2) is 5.78 Å². The Hall–Kier alpha value is -1.05. The quantitative estimate of drug-likeness (QED) is 0.719. The molecule has 2 heteroatoms. The molecule has 0 bridgehead atoms. The van der Waals surface area contributed by atoms with Crippen LogP contribution in [0.5, 0.6) is 0 Å². The van der Waals surface area contributed by atoms with Crippen LogP contribution in [-0.2, 0) is 11.3 Å². The Kier molecular flexibility index (Phi) is 2.44. The zero-order chi connectivity index (χ0) is 10.1. The number of hydrogen-bond donors (Lipinski definition) is 0. The monoisotopic (exact) mass is 191 g/mol. The molecule has 2 nitrogen and oxygen atoms in total. The highest BCUT2D eigenvalue weighted by Crippen LogP contribution is 2.35. The normalized spacial score (nSPS) is 20.5. The van der Waals surface area contributed by atoms with Crippen molar-refractivity contribution in [2.75, 3.05) is 0 Å². The molecule has 1 aliphatic heterocycles. The minimum Gasteiger partial charge on any atom is -0.343 e. The highest BCUT2D eigenvalue weighted by atomic mass is 16.1. The highest BCUT2D eigenvalue weighted by Gasteiger charge is 2.34. The molecule has 0 aromatic carbocycles. The minimum atomic E-state index is 0.167. The van der Waals surface area contributed by atoms with Gasteiger partial charge in [-0.1, -0.05) is 26.7 Å². The zero-order valence-corrected chi connectivity index (χ0v) is 8.86. The number of rotatable bonds is 3. The maximum atomic E-state index is 11.8. The summed E-state index contributed by atoms with van der Waals surface area (Å²) < 4.78 is 2.09. The average molecular weight is 191 g/mol. The summed E-state index contributed by atoms with van der Waals surface area (Å²) in [5, 5.41) is 0. The van der Waals surface area contributed by atoms with Crippen LogP contribution in [0.3, 0.4) is 0 Å². The predicted octanol–water partition coefficient (Wildman–Crippen LogP) is 2.59. The van der Waals surface area contributed by atoms with Crippen LogP contribution in [0.1, 0.15) is 38.3 Å². The van der Waals surface area contributed by atoms with Crippen LogP contribution < -0.4 is 0 Å². The Labute approximate surface area is 84.9 Å². The molecule has 14 heavy (non-hydrogen) atoms. The molecule has 0 spiro atoms. The van der Waals surface area contributed by atoms with E-state index in [4.69, 9.17) is 0 Å². The molecule has 1 aromatic heterocycles. The van der Waals surface area contributed by atoms with Crippen molar-refractivity contribution in [1.82, 2.24) is 4.57 Å². The summed E-state index contributed by atoms with van der Waals surface area (Å²) >= 11 is 0. The average Bonchev–Trinajstić information content (AvgIpc) is 2.70. The van der Waals surface area contributed by atoms with Crippen LogP contribution in [0.25, 0.3) is 0 Å². The van der Waals surface area contributed by atoms with Gasteiger partial charge in [-0.25, -0.2) is 0 Å². The van der Waals surface area contributed by atoms with Crippen molar-refractivity contribution < 1.29 is 4.79 Å². The summed E-state index contributed by atoms with van der Waals surface area (Å²) in [4.78, 5) is 11.8. The first-order valence-corrected chi connectivity index (χ1v) is 5.45. The molecule has 76 valence electrons. The van der Waals surface area contributed by atoms with Crippen LogP contribution in [0, 0.1) is 5.92 Å². The van der Waals surface area contributed by atoms with Gasteiger partial charge in [-0.05, 0) is 18.1 Å². The summed E-state index contributed by atoms with van der Waals surface area (Å²) in [7, 11) is 0. The van der Waals surface area contributed by atoms with Gasteiger partial charge in [-0.3, -0.25) is 4.79 Å². The van der Waals surface area contributed by atoms with E-state index in [1.807, 2.05) is 12.3 Å². The van der Waals surface area contributed by atoms with Gasteiger partial charge in [0, 0.05) is 11.9 Å². The maximum absolute atomic E-state index is 11.8. The van der Waals surface area contributed by atoms with Crippen molar-refractivity contribution in [3.05, 3.63) is 24.0 Å². The van der Waals surface area contributed by atoms with Gasteiger partial charge in [-0.2, -0.15) is 0 Å². The summed E-state index contributed by atoms with van der Waals surface area (Å²) in [6, 6.07) is 4.13. The van der Waals surface area contributed by atoms with Gasteiger partial charge in [0.2, 0.25) is 0 Å². The lowest BCUT2D eigenvalue weighted by molar-refractivity contribution is -0.120. The molecular weight excluding hydrogens is 174 g/mol. The molecule has 0 amide bonds. The summed E-state index contributed by atoms with van der Waals surface area (Å²) in [5.41, 5.74) is 1.23. The third kappa shape index (κ3) is 1.29. The molecule has 1 aromatic rings. The number of aromatic nitrogens is 1. The van der Waals surface area contributed by atoms with Crippen LogP contribution in [0.4, 0.5) is 0 Å². The standard InChI is InChI=1S/C12H17NO/c1-3-9(4-2)12-10-6-5-7-13(10)8-11(12)14/h5-7,9,12H,3-4,8H2,1-2H3. The maximum Gasteiger partial charge on any atom is 0.161 e. The number of nitrogens with zero attached hydrogens (tertiary/aromatic N) is 1. The van der Waals surface area contributed by atoms with E-state index in [-0.39, 0.29) is 5.92 Å². The van der Waals surface area contributed by atoms with Crippen LogP contribution >= 0.6 is 0 Å². The van der Waals surface area contributed by atoms with Crippen LogP contribution in [-0.4, -0.2) is 10.4 Å². The first-order chi connectivity index (χ1) is 6.77. The second-order valence-corrected chi connectivity index (χ2v) is 4.08. The number of Topliss-reactive ketones (excluding diaryl/α,β-unsaturated/α-hetero) is 1. The smallest absolute Gasteiger partial charge is 0.161 e. The number of carbonyl (C=O) groups excluding carboxylic acids is 1. The Morgan fingerprint density at radius 1 is 1.50 bits per heavy atom. The van der Waals surface area contributed by atoms with Crippen LogP contribution in [0.2, 0.25) is 0 Å². The van der Waals surface area contributed by atoms with Crippen molar-refractivity contribution in [2.45, 2.75) is 39.2 Å². The molecular formula is C12H17NO. The minimum absolute atomic E-state index is 0.167. The number of ketones is 1. The molecule has 0 N–H and O–H groups in total. The Morgan fingerprint density at radius 3 is 2.86 bits per heavy atom. The first-order valence-electron chi connectivity index (χ1n) is 5.45. The molecule has 0 saturated carbocycles. The van der Waals surface area contributed by atoms with Gasteiger partial charge in [0.25, 0.3) is 0 Å². The SMILES string of the molecule is CCC(CC)C1C(=O)Cn2cccc21. The van der Waals surface area contributed by atoms with Crippen molar-refractivity contribution in [1.29, 1.82) is 0 Å². The van der Waals surface area contributed by atoms with Crippen LogP contribution in [0.15, 0.2) is 18.3 Å². The number of fused-ring (bicyclic) bond motifs is 1. The Balaban J connectivity index is 2.31. The molecule has 2 rings (SSSR count). The first kappa shape index (κ1) is 9.50. The van der Waals surface area contributed by atoms with E-state index in [1.54, 1.807) is 0 Å². The van der Waals surface area contributed by atoms with Gasteiger partial charge in [-0.15, -0.1) is 0 Å². The van der Waals surface area contributed by atoms with Gasteiger partial charge in [0.05, 0.1) is 12.5 Å².